The highest BCUT2D eigenvalue weighted by Gasteiger charge is 2.23. The van der Waals surface area contributed by atoms with Gasteiger partial charge in [0.05, 0.1) is 11.1 Å². The molecule has 3 nitrogen and oxygen atoms in total. The van der Waals surface area contributed by atoms with Crippen LogP contribution in [0.4, 0.5) is 0 Å². The van der Waals surface area contributed by atoms with Crippen LogP contribution < -0.4 is 5.32 Å². The van der Waals surface area contributed by atoms with Crippen LogP contribution in [0.3, 0.4) is 0 Å². The van der Waals surface area contributed by atoms with Crippen molar-refractivity contribution in [1.82, 2.24) is 10.3 Å². The normalized spacial score (nSPS) is 14.2. The topological polar surface area (TPSA) is 42.0 Å². The van der Waals surface area contributed by atoms with E-state index >= 15 is 0 Å². The quantitative estimate of drug-likeness (QED) is 0.822. The molecule has 0 bridgehead atoms. The molecule has 1 heterocycles. The second kappa shape index (κ2) is 5.30. The molecule has 0 spiro atoms. The van der Waals surface area contributed by atoms with E-state index in [0.717, 1.165) is 12.0 Å². The molecule has 0 radical (unpaired) electrons. The van der Waals surface area contributed by atoms with E-state index in [1.807, 2.05) is 26.8 Å². The summed E-state index contributed by atoms with van der Waals surface area (Å²) < 4.78 is 0. The lowest BCUT2D eigenvalue weighted by Crippen LogP contribution is -2.47. The molecule has 0 fully saturated rings. The minimum Gasteiger partial charge on any atom is -0.346 e. The fraction of sp³-hybridized carbons (Fsp3) is 0.500. The van der Waals surface area contributed by atoms with E-state index in [0.29, 0.717) is 11.4 Å². The number of carbonyl (C=O) groups is 1. The number of nitrogens with one attached hydrogen (secondary N) is 1. The van der Waals surface area contributed by atoms with Crippen LogP contribution in [0.25, 0.3) is 0 Å². The van der Waals surface area contributed by atoms with E-state index in [1.54, 1.807) is 12.4 Å². The molecule has 4 heteroatoms. The van der Waals surface area contributed by atoms with Gasteiger partial charge in [-0.15, -0.1) is 11.6 Å². The number of alkyl halides is 1. The molecule has 0 saturated carbocycles. The highest BCUT2D eigenvalue weighted by molar-refractivity contribution is 6.18. The molecule has 1 rings (SSSR count). The van der Waals surface area contributed by atoms with Crippen LogP contribution in [0, 0.1) is 6.92 Å². The third-order valence-electron chi connectivity index (χ3n) is 2.63. The van der Waals surface area contributed by atoms with Gasteiger partial charge in [0.15, 0.2) is 0 Å². The first-order valence-corrected chi connectivity index (χ1v) is 5.84. The highest BCUT2D eigenvalue weighted by Crippen LogP contribution is 2.12. The summed E-state index contributed by atoms with van der Waals surface area (Å²) in [6, 6.07) is 1.81. The Bertz CT molecular complexity index is 375. The van der Waals surface area contributed by atoms with Gasteiger partial charge in [-0.05, 0) is 31.9 Å². The number of aryl methyl sites for hydroxylation is 1. The van der Waals surface area contributed by atoms with Gasteiger partial charge in [0.2, 0.25) is 0 Å². The maximum atomic E-state index is 11.9. The zero-order chi connectivity index (χ0) is 12.2. The molecular weight excluding hydrogens is 224 g/mol. The van der Waals surface area contributed by atoms with Crippen LogP contribution in [0.5, 0.6) is 0 Å². The standard InChI is InChI=1S/C12H17ClN2O/c1-4-12(3,8-13)15-11(16)10-5-9(2)6-14-7-10/h5-7H,4,8H2,1-3H3,(H,15,16). The summed E-state index contributed by atoms with van der Waals surface area (Å²) in [4.78, 5) is 15.9. The van der Waals surface area contributed by atoms with Crippen molar-refractivity contribution >= 4 is 17.5 Å². The first-order valence-electron chi connectivity index (χ1n) is 5.31. The molecule has 1 amide bonds. The van der Waals surface area contributed by atoms with Crippen molar-refractivity contribution in [1.29, 1.82) is 0 Å². The van der Waals surface area contributed by atoms with Gasteiger partial charge >= 0.3 is 0 Å². The molecule has 0 aliphatic rings. The minimum absolute atomic E-state index is 0.124. The lowest BCUT2D eigenvalue weighted by atomic mass is 10.0. The second-order valence-corrected chi connectivity index (χ2v) is 4.52. The van der Waals surface area contributed by atoms with E-state index in [1.165, 1.54) is 0 Å². The number of carbonyl (C=O) groups excluding carboxylic acids is 1. The Morgan fingerprint density at radius 3 is 2.75 bits per heavy atom. The van der Waals surface area contributed by atoms with Crippen LogP contribution in [-0.4, -0.2) is 22.3 Å². The SMILES string of the molecule is CCC(C)(CCl)NC(=O)c1cncc(C)c1. The van der Waals surface area contributed by atoms with E-state index < -0.39 is 0 Å². The molecule has 1 atom stereocenters. The van der Waals surface area contributed by atoms with Crippen LogP contribution >= 0.6 is 11.6 Å². The van der Waals surface area contributed by atoms with Crippen molar-refractivity contribution in [3.63, 3.8) is 0 Å². The van der Waals surface area contributed by atoms with Crippen molar-refractivity contribution in [2.24, 2.45) is 0 Å². The van der Waals surface area contributed by atoms with Gasteiger partial charge in [-0.1, -0.05) is 6.92 Å². The molecule has 0 saturated heterocycles. The summed E-state index contributed by atoms with van der Waals surface area (Å²) in [6.45, 7) is 5.84. The number of hydrogen-bond acceptors (Lipinski definition) is 2. The Labute approximate surface area is 101 Å². The van der Waals surface area contributed by atoms with Crippen LogP contribution in [0.1, 0.15) is 36.2 Å². The number of pyridine rings is 1. The summed E-state index contributed by atoms with van der Waals surface area (Å²) in [5.41, 5.74) is 1.18. The van der Waals surface area contributed by atoms with Crippen molar-refractivity contribution < 1.29 is 4.79 Å². The van der Waals surface area contributed by atoms with E-state index in [9.17, 15) is 4.79 Å². The molecule has 88 valence electrons. The van der Waals surface area contributed by atoms with Gasteiger partial charge in [0.25, 0.3) is 5.91 Å². The largest absolute Gasteiger partial charge is 0.346 e. The van der Waals surface area contributed by atoms with Gasteiger partial charge in [-0.3, -0.25) is 9.78 Å². The average Bonchev–Trinajstić information content (AvgIpc) is 2.29. The maximum absolute atomic E-state index is 11.9. The number of nitrogens with zero attached hydrogens (tertiary/aromatic N) is 1. The molecular formula is C12H17ClN2O. The summed E-state index contributed by atoms with van der Waals surface area (Å²) in [5.74, 6) is 0.273. The summed E-state index contributed by atoms with van der Waals surface area (Å²) >= 11 is 5.84. The third-order valence-corrected chi connectivity index (χ3v) is 3.22. The van der Waals surface area contributed by atoms with E-state index in [4.69, 9.17) is 11.6 Å². The second-order valence-electron chi connectivity index (χ2n) is 4.25. The van der Waals surface area contributed by atoms with Crippen molar-refractivity contribution in [3.8, 4) is 0 Å². The molecule has 1 unspecified atom stereocenters. The Morgan fingerprint density at radius 1 is 1.56 bits per heavy atom. The molecule has 0 aromatic carbocycles. The summed E-state index contributed by atoms with van der Waals surface area (Å²) in [6.07, 6.45) is 4.07. The van der Waals surface area contributed by atoms with Gasteiger partial charge in [-0.25, -0.2) is 0 Å². The third kappa shape index (κ3) is 3.20. The Kier molecular flexibility index (Phi) is 4.30. The number of hydrogen-bond donors (Lipinski definition) is 1. The predicted octanol–water partition coefficient (Wildman–Crippen LogP) is 2.53. The maximum Gasteiger partial charge on any atom is 0.253 e. The summed E-state index contributed by atoms with van der Waals surface area (Å²) in [5, 5.41) is 2.93. The van der Waals surface area contributed by atoms with Crippen molar-refractivity contribution in [3.05, 3.63) is 29.6 Å². The number of halogens is 1. The monoisotopic (exact) mass is 240 g/mol. The van der Waals surface area contributed by atoms with Crippen molar-refractivity contribution in [2.45, 2.75) is 32.7 Å². The average molecular weight is 241 g/mol. The van der Waals surface area contributed by atoms with Crippen molar-refractivity contribution in [2.75, 3.05) is 5.88 Å². The summed E-state index contributed by atoms with van der Waals surface area (Å²) in [7, 11) is 0. The number of aromatic nitrogens is 1. The fourth-order valence-corrected chi connectivity index (χ4v) is 1.50. The molecule has 0 aliphatic heterocycles. The lowest BCUT2D eigenvalue weighted by Gasteiger charge is -2.27. The molecule has 1 aromatic heterocycles. The van der Waals surface area contributed by atoms with E-state index in [2.05, 4.69) is 10.3 Å². The van der Waals surface area contributed by atoms with Crippen LogP contribution in [-0.2, 0) is 0 Å². The van der Waals surface area contributed by atoms with Gasteiger partial charge in [0.1, 0.15) is 0 Å². The van der Waals surface area contributed by atoms with Gasteiger partial charge in [0, 0.05) is 18.3 Å². The Morgan fingerprint density at radius 2 is 2.25 bits per heavy atom. The predicted molar refractivity (Wildman–Crippen MR) is 65.9 cm³/mol. The molecule has 1 aromatic rings. The molecule has 1 N–H and O–H groups in total. The minimum atomic E-state index is -0.359. The smallest absolute Gasteiger partial charge is 0.253 e. The van der Waals surface area contributed by atoms with Gasteiger partial charge < -0.3 is 5.32 Å². The van der Waals surface area contributed by atoms with E-state index in [-0.39, 0.29) is 11.4 Å². The zero-order valence-corrected chi connectivity index (χ0v) is 10.6. The lowest BCUT2D eigenvalue weighted by molar-refractivity contribution is 0.0912. The van der Waals surface area contributed by atoms with Crippen LogP contribution in [0.2, 0.25) is 0 Å². The first-order chi connectivity index (χ1) is 7.50. The number of amides is 1. The fourth-order valence-electron chi connectivity index (χ4n) is 1.24. The Balaban J connectivity index is 2.80. The number of rotatable bonds is 4. The van der Waals surface area contributed by atoms with Crippen LogP contribution in [0.15, 0.2) is 18.5 Å². The zero-order valence-electron chi connectivity index (χ0n) is 9.88. The Hall–Kier alpha value is -1.09. The van der Waals surface area contributed by atoms with Gasteiger partial charge in [-0.2, -0.15) is 0 Å². The molecule has 0 aliphatic carbocycles. The highest BCUT2D eigenvalue weighted by atomic mass is 35.5. The first kappa shape index (κ1) is 13.0. The molecule has 16 heavy (non-hydrogen) atoms.